The lowest BCUT2D eigenvalue weighted by Gasteiger charge is -2.12. The van der Waals surface area contributed by atoms with Gasteiger partial charge in [0, 0.05) is 12.8 Å². The number of nitriles is 1. The molecule has 2 heterocycles. The molecule has 0 spiro atoms. The van der Waals surface area contributed by atoms with Gasteiger partial charge in [-0.1, -0.05) is 19.9 Å². The number of nitrogens with zero attached hydrogens (tertiary/aromatic N) is 2. The number of hydrogen-bond donors (Lipinski definition) is 1. The minimum atomic E-state index is -0.298. The minimum absolute atomic E-state index is 0.298. The molecule has 1 aromatic heterocycles. The molecule has 0 amide bonds. The molecule has 0 saturated heterocycles. The van der Waals surface area contributed by atoms with Crippen LogP contribution in [0.3, 0.4) is 0 Å². The summed E-state index contributed by atoms with van der Waals surface area (Å²) in [4.78, 5) is 4.45. The van der Waals surface area contributed by atoms with E-state index in [1.807, 2.05) is 18.2 Å². The highest BCUT2D eigenvalue weighted by Crippen LogP contribution is 2.23. The molecule has 0 atom stereocenters. The van der Waals surface area contributed by atoms with Gasteiger partial charge in [-0.05, 0) is 47.6 Å². The van der Waals surface area contributed by atoms with Gasteiger partial charge in [0.1, 0.15) is 17.5 Å². The summed E-state index contributed by atoms with van der Waals surface area (Å²) in [5.74, 6) is 1.53. The van der Waals surface area contributed by atoms with Crippen molar-refractivity contribution in [3.05, 3.63) is 41.5 Å². The van der Waals surface area contributed by atoms with E-state index in [0.717, 1.165) is 23.1 Å². The lowest BCUT2D eigenvalue weighted by Crippen LogP contribution is -2.30. The molecular weight excluding hydrogens is 329 g/mol. The topological polar surface area (TPSA) is 76.4 Å². The summed E-state index contributed by atoms with van der Waals surface area (Å²) >= 11 is 0. The van der Waals surface area contributed by atoms with Gasteiger partial charge in [-0.25, -0.2) is 0 Å². The zero-order chi connectivity index (χ0) is 18.5. The largest absolute Gasteiger partial charge is 0.494 e. The summed E-state index contributed by atoms with van der Waals surface area (Å²) in [5.41, 5.74) is 3.46. The summed E-state index contributed by atoms with van der Waals surface area (Å²) in [6, 6.07) is 11.6. The second-order valence-corrected chi connectivity index (χ2v) is 6.61. The third-order valence-electron chi connectivity index (χ3n) is 4.19. The van der Waals surface area contributed by atoms with Crippen molar-refractivity contribution in [2.24, 2.45) is 5.92 Å². The Morgan fingerprint density at radius 2 is 2.19 bits per heavy atom. The Hall–Kier alpha value is -2.56. The van der Waals surface area contributed by atoms with Crippen molar-refractivity contribution >= 4 is 24.1 Å². The number of hydrogen-bond acceptors (Lipinski definition) is 6. The molecule has 0 saturated carbocycles. The number of anilines is 2. The molecule has 1 aliphatic heterocycles. The fraction of sp³-hybridized carbons (Fsp3) is 0.368. The van der Waals surface area contributed by atoms with E-state index in [1.165, 1.54) is 0 Å². The first kappa shape index (κ1) is 18.2. The number of aromatic nitrogens is 1. The van der Waals surface area contributed by atoms with E-state index in [0.29, 0.717) is 36.4 Å². The Balaban J connectivity index is 1.75. The van der Waals surface area contributed by atoms with Gasteiger partial charge in [0.25, 0.3) is 0 Å². The molecule has 1 aromatic carbocycles. The molecule has 2 aromatic rings. The van der Waals surface area contributed by atoms with Crippen LogP contribution in [0.5, 0.6) is 5.88 Å². The zero-order valence-electron chi connectivity index (χ0n) is 15.3. The number of rotatable bonds is 7. The van der Waals surface area contributed by atoms with E-state index in [1.54, 1.807) is 19.2 Å². The highest BCUT2D eigenvalue weighted by Gasteiger charge is 2.29. The van der Waals surface area contributed by atoms with Gasteiger partial charge in [0.05, 0.1) is 13.2 Å². The lowest BCUT2D eigenvalue weighted by molar-refractivity contribution is 0.246. The van der Waals surface area contributed by atoms with Crippen molar-refractivity contribution in [1.82, 2.24) is 4.98 Å². The van der Waals surface area contributed by atoms with Gasteiger partial charge < -0.3 is 19.4 Å². The second kappa shape index (κ2) is 8.22. The molecule has 0 bridgehead atoms. The fourth-order valence-corrected chi connectivity index (χ4v) is 2.73. The summed E-state index contributed by atoms with van der Waals surface area (Å²) in [7, 11) is 1.33. The Morgan fingerprint density at radius 3 is 2.92 bits per heavy atom. The van der Waals surface area contributed by atoms with Gasteiger partial charge in [-0.3, -0.25) is 0 Å². The van der Waals surface area contributed by atoms with Crippen molar-refractivity contribution in [3.63, 3.8) is 0 Å². The summed E-state index contributed by atoms with van der Waals surface area (Å²) in [6.45, 7) is 5.32. The van der Waals surface area contributed by atoms with E-state index in [4.69, 9.17) is 14.0 Å². The van der Waals surface area contributed by atoms with E-state index >= 15 is 0 Å². The smallest absolute Gasteiger partial charge is 0.477 e. The predicted molar refractivity (Wildman–Crippen MR) is 101 cm³/mol. The number of benzene rings is 1. The second-order valence-electron chi connectivity index (χ2n) is 6.61. The first-order chi connectivity index (χ1) is 12.6. The molecule has 134 valence electrons. The third kappa shape index (κ3) is 4.16. The van der Waals surface area contributed by atoms with Crippen molar-refractivity contribution < 1.29 is 14.0 Å². The maximum Gasteiger partial charge on any atom is 0.494 e. The molecule has 26 heavy (non-hydrogen) atoms. The average molecular weight is 351 g/mol. The van der Waals surface area contributed by atoms with Crippen LogP contribution >= 0.6 is 0 Å². The van der Waals surface area contributed by atoms with E-state index < -0.39 is 0 Å². The van der Waals surface area contributed by atoms with Crippen LogP contribution in [-0.4, -0.2) is 25.8 Å². The van der Waals surface area contributed by atoms with Crippen LogP contribution in [0, 0.1) is 17.2 Å². The molecule has 7 heteroatoms. The van der Waals surface area contributed by atoms with Crippen LogP contribution in [-0.2, 0) is 15.9 Å². The number of fused-ring (bicyclic) bond motifs is 1. The predicted octanol–water partition coefficient (Wildman–Crippen LogP) is 2.99. The van der Waals surface area contributed by atoms with Crippen LogP contribution in [0.2, 0.25) is 0 Å². The highest BCUT2D eigenvalue weighted by atomic mass is 16.6. The molecule has 0 unspecified atom stereocenters. The maximum atomic E-state index is 9.25. The van der Waals surface area contributed by atoms with E-state index in [-0.39, 0.29) is 7.12 Å². The summed E-state index contributed by atoms with van der Waals surface area (Å²) in [5, 5.41) is 12.5. The van der Waals surface area contributed by atoms with Crippen molar-refractivity contribution in [2.75, 3.05) is 19.0 Å². The lowest BCUT2D eigenvalue weighted by atomic mass is 9.79. The first-order valence-corrected chi connectivity index (χ1v) is 8.69. The molecule has 1 N–H and O–H groups in total. The number of ether oxygens (including phenoxy) is 1. The Labute approximate surface area is 154 Å². The number of nitrogens with one attached hydrogen (secondary N) is 1. The Morgan fingerprint density at radius 1 is 1.35 bits per heavy atom. The highest BCUT2D eigenvalue weighted by molar-refractivity contribution is 6.62. The number of pyridine rings is 1. The van der Waals surface area contributed by atoms with Gasteiger partial charge in [0.2, 0.25) is 5.88 Å². The standard InChI is InChI=1S/C19H22BN3O3/c1-13(2)8-9-25-19-14(11-21)4-7-18(23-19)22-16-5-6-17-15(10-16)12-26-20(17)24-3/h4-7,10,13H,8-9,12H2,1-3H3,(H,22,23). The molecule has 1 aliphatic rings. The molecule has 0 aliphatic carbocycles. The summed E-state index contributed by atoms with van der Waals surface area (Å²) < 4.78 is 16.6. The van der Waals surface area contributed by atoms with E-state index in [2.05, 4.69) is 30.2 Å². The quantitative estimate of drug-likeness (QED) is 0.773. The van der Waals surface area contributed by atoms with Crippen LogP contribution in [0.25, 0.3) is 0 Å². The van der Waals surface area contributed by atoms with Gasteiger partial charge in [-0.2, -0.15) is 10.2 Å². The normalized spacial score (nSPS) is 12.8. The van der Waals surface area contributed by atoms with E-state index in [9.17, 15) is 5.26 Å². The SMILES string of the molecule is COB1OCc2cc(Nc3ccc(C#N)c(OCCC(C)C)n3)ccc21. The maximum absolute atomic E-state index is 9.25. The molecule has 3 rings (SSSR count). The fourth-order valence-electron chi connectivity index (χ4n) is 2.73. The Kier molecular flexibility index (Phi) is 5.76. The van der Waals surface area contributed by atoms with Crippen LogP contribution in [0.1, 0.15) is 31.4 Å². The molecule has 0 fully saturated rings. The minimum Gasteiger partial charge on any atom is -0.477 e. The van der Waals surface area contributed by atoms with Gasteiger partial charge in [-0.15, -0.1) is 0 Å². The van der Waals surface area contributed by atoms with Crippen molar-refractivity contribution in [2.45, 2.75) is 26.9 Å². The average Bonchev–Trinajstić information content (AvgIpc) is 3.04. The monoisotopic (exact) mass is 351 g/mol. The molecule has 6 nitrogen and oxygen atoms in total. The first-order valence-electron chi connectivity index (χ1n) is 8.69. The summed E-state index contributed by atoms with van der Waals surface area (Å²) in [6.07, 6.45) is 0.912. The molecular formula is C19H22BN3O3. The molecule has 0 radical (unpaired) electrons. The van der Waals surface area contributed by atoms with Crippen molar-refractivity contribution in [3.8, 4) is 11.9 Å². The van der Waals surface area contributed by atoms with Crippen LogP contribution in [0.4, 0.5) is 11.5 Å². The van der Waals surface area contributed by atoms with Gasteiger partial charge in [0.15, 0.2) is 0 Å². The van der Waals surface area contributed by atoms with Crippen molar-refractivity contribution in [1.29, 1.82) is 5.26 Å². The van der Waals surface area contributed by atoms with Crippen LogP contribution in [0.15, 0.2) is 30.3 Å². The Bertz CT molecular complexity index is 820. The van der Waals surface area contributed by atoms with Crippen LogP contribution < -0.4 is 15.5 Å². The zero-order valence-corrected chi connectivity index (χ0v) is 15.3. The third-order valence-corrected chi connectivity index (χ3v) is 4.19. The van der Waals surface area contributed by atoms with Gasteiger partial charge >= 0.3 is 7.12 Å².